The lowest BCUT2D eigenvalue weighted by molar-refractivity contribution is 0.284. The molecule has 1 rings (SSSR count). The first-order chi connectivity index (χ1) is 14.4. The molecule has 1 saturated heterocycles. The highest BCUT2D eigenvalue weighted by atomic mass is 15.5. The molecule has 0 aromatic rings. The first-order valence-corrected chi connectivity index (χ1v) is 12.8. The van der Waals surface area contributed by atoms with Crippen LogP contribution in [0.25, 0.3) is 0 Å². The molecule has 9 heteroatoms. The summed E-state index contributed by atoms with van der Waals surface area (Å²) < 4.78 is 8.35. The average Bonchev–Trinajstić information content (AvgIpc) is 2.69. The van der Waals surface area contributed by atoms with Gasteiger partial charge < -0.3 is 28.6 Å². The smallest absolute Gasteiger partial charge is 0.328 e. The third kappa shape index (κ3) is 6.98. The maximum Gasteiger partial charge on any atom is 0.384 e. The molecule has 0 bridgehead atoms. The van der Waals surface area contributed by atoms with Gasteiger partial charge in [0.25, 0.3) is 0 Å². The second-order valence-electron chi connectivity index (χ2n) is 9.19. The van der Waals surface area contributed by atoms with Crippen LogP contribution in [-0.2, 0) is 0 Å². The summed E-state index contributed by atoms with van der Waals surface area (Å²) in [6, 6.07) is 0. The second-order valence-corrected chi connectivity index (χ2v) is 9.19. The lowest BCUT2D eigenvalue weighted by atomic mass is 9.53. The van der Waals surface area contributed by atoms with Gasteiger partial charge in [-0.15, -0.1) is 0 Å². The van der Waals surface area contributed by atoms with Crippen molar-refractivity contribution in [3.05, 3.63) is 0 Å². The molecule has 1 aliphatic heterocycles. The molecule has 0 N–H and O–H groups in total. The first kappa shape index (κ1) is 28.0. The van der Waals surface area contributed by atoms with E-state index in [0.29, 0.717) is 21.4 Å². The monoisotopic (exact) mass is 420 g/mol. The second kappa shape index (κ2) is 14.9. The topological polar surface area (TPSA) is 19.4 Å². The van der Waals surface area contributed by atoms with E-state index in [-0.39, 0.29) is 0 Å². The van der Waals surface area contributed by atoms with Gasteiger partial charge in [-0.2, -0.15) is 0 Å². The van der Waals surface area contributed by atoms with E-state index in [9.17, 15) is 0 Å². The highest BCUT2D eigenvalue weighted by molar-refractivity contribution is 6.83. The van der Waals surface area contributed by atoms with Gasteiger partial charge in [-0.25, -0.2) is 0 Å². The number of rotatable bonds is 15. The molecule has 0 spiro atoms. The standard InChI is InChI=1S/C21H51B3N6/c1-10-16-25(7)22-28(19-13-4)23(26(8)17-11-2)30(21-15-6)24(27(9)18-12-3)29(22)20-14-5/h10-21H2,1-9H3. The minimum absolute atomic E-state index is 0.339. The van der Waals surface area contributed by atoms with Crippen LogP contribution in [0.4, 0.5) is 0 Å². The predicted molar refractivity (Wildman–Crippen MR) is 137 cm³/mol. The highest BCUT2D eigenvalue weighted by Gasteiger charge is 2.56. The molecule has 1 heterocycles. The van der Waals surface area contributed by atoms with E-state index in [4.69, 9.17) is 0 Å². The van der Waals surface area contributed by atoms with Crippen molar-refractivity contribution >= 4 is 21.4 Å². The van der Waals surface area contributed by atoms with Crippen molar-refractivity contribution in [2.45, 2.75) is 80.1 Å². The van der Waals surface area contributed by atoms with Crippen LogP contribution in [0, 0.1) is 0 Å². The molecular formula is C21H51B3N6. The normalized spacial score (nSPS) is 17.4. The predicted octanol–water partition coefficient (Wildman–Crippen LogP) is 3.12. The summed E-state index contributed by atoms with van der Waals surface area (Å²) in [6.07, 6.45) is 7.12. The molecule has 0 radical (unpaired) electrons. The molecule has 0 atom stereocenters. The Kier molecular flexibility index (Phi) is 13.9. The molecular weight excluding hydrogens is 369 g/mol. The van der Waals surface area contributed by atoms with Gasteiger partial charge in [0.15, 0.2) is 0 Å². The van der Waals surface area contributed by atoms with Crippen LogP contribution in [0.3, 0.4) is 0 Å². The van der Waals surface area contributed by atoms with Crippen molar-refractivity contribution < 1.29 is 0 Å². The molecule has 174 valence electrons. The lowest BCUT2D eigenvalue weighted by Crippen LogP contribution is -2.86. The Hall–Kier alpha value is -0.0452. The Morgan fingerprint density at radius 1 is 0.433 bits per heavy atom. The van der Waals surface area contributed by atoms with Gasteiger partial charge in [0.2, 0.25) is 0 Å². The average molecular weight is 420 g/mol. The molecule has 30 heavy (non-hydrogen) atoms. The molecule has 0 aromatic carbocycles. The summed E-state index contributed by atoms with van der Waals surface area (Å²) in [7, 11) is 8.03. The summed E-state index contributed by atoms with van der Waals surface area (Å²) in [6.45, 7) is 20.7. The van der Waals surface area contributed by atoms with Crippen LogP contribution < -0.4 is 0 Å². The minimum atomic E-state index is 0.339. The maximum atomic E-state index is 2.78. The zero-order valence-electron chi connectivity index (χ0n) is 21.9. The summed E-state index contributed by atoms with van der Waals surface area (Å²) >= 11 is 0. The maximum absolute atomic E-state index is 2.78. The van der Waals surface area contributed by atoms with Gasteiger partial charge in [0.05, 0.1) is 0 Å². The van der Waals surface area contributed by atoms with E-state index in [0.717, 1.165) is 39.3 Å². The fourth-order valence-electron chi connectivity index (χ4n) is 5.32. The molecule has 1 aliphatic rings. The van der Waals surface area contributed by atoms with Crippen LogP contribution in [0.1, 0.15) is 80.1 Å². The molecule has 1 fully saturated rings. The minimum Gasteiger partial charge on any atom is -0.328 e. The van der Waals surface area contributed by atoms with E-state index >= 15 is 0 Å². The van der Waals surface area contributed by atoms with E-state index in [1.54, 1.807) is 0 Å². The van der Waals surface area contributed by atoms with Gasteiger partial charge >= 0.3 is 21.4 Å². The van der Waals surface area contributed by atoms with Crippen LogP contribution in [0.15, 0.2) is 0 Å². The lowest BCUT2D eigenvalue weighted by Gasteiger charge is -2.58. The van der Waals surface area contributed by atoms with Crippen LogP contribution in [0.2, 0.25) is 0 Å². The van der Waals surface area contributed by atoms with Crippen LogP contribution in [-0.4, -0.2) is 110 Å². The van der Waals surface area contributed by atoms with Crippen LogP contribution in [0.5, 0.6) is 0 Å². The molecule has 0 aromatic heterocycles. The molecule has 0 unspecified atom stereocenters. The van der Waals surface area contributed by atoms with Gasteiger partial charge in [-0.3, -0.25) is 0 Å². The van der Waals surface area contributed by atoms with Gasteiger partial charge in [0, 0.05) is 0 Å². The van der Waals surface area contributed by atoms with Crippen molar-refractivity contribution in [1.29, 1.82) is 0 Å². The summed E-state index contributed by atoms with van der Waals surface area (Å²) in [4.78, 5) is 7.82. The third-order valence-electron chi connectivity index (χ3n) is 6.14. The zero-order valence-corrected chi connectivity index (χ0v) is 21.9. The highest BCUT2D eigenvalue weighted by Crippen LogP contribution is 2.25. The SMILES string of the molecule is CCCN(C)B1N(CCC)B(N(C)CCC)N(CCC)B(N(C)CCC)N1CCC. The fourth-order valence-corrected chi connectivity index (χ4v) is 5.32. The Morgan fingerprint density at radius 3 is 0.833 bits per heavy atom. The fraction of sp³-hybridized carbons (Fsp3) is 1.00. The van der Waals surface area contributed by atoms with Crippen LogP contribution >= 0.6 is 0 Å². The van der Waals surface area contributed by atoms with E-state index < -0.39 is 0 Å². The Balaban J connectivity index is 3.57. The number of nitrogens with zero attached hydrogens (tertiary/aromatic N) is 6. The Bertz CT molecular complexity index is 373. The van der Waals surface area contributed by atoms with E-state index in [2.05, 4.69) is 91.3 Å². The first-order valence-electron chi connectivity index (χ1n) is 12.8. The molecule has 0 aliphatic carbocycles. The summed E-state index contributed by atoms with van der Waals surface area (Å²) in [5, 5.41) is 0. The molecule has 0 amide bonds. The quantitative estimate of drug-likeness (QED) is 0.377. The largest absolute Gasteiger partial charge is 0.384 e. The van der Waals surface area contributed by atoms with Crippen molar-refractivity contribution in [2.75, 3.05) is 60.4 Å². The number of hydrogen-bond acceptors (Lipinski definition) is 6. The van der Waals surface area contributed by atoms with Gasteiger partial charge in [-0.05, 0) is 98.9 Å². The Labute approximate surface area is 190 Å². The molecule has 6 nitrogen and oxygen atoms in total. The summed E-state index contributed by atoms with van der Waals surface area (Å²) in [5.41, 5.74) is 0. The molecule has 0 saturated carbocycles. The third-order valence-corrected chi connectivity index (χ3v) is 6.14. The van der Waals surface area contributed by atoms with Gasteiger partial charge in [0.1, 0.15) is 0 Å². The van der Waals surface area contributed by atoms with Crippen molar-refractivity contribution in [3.63, 3.8) is 0 Å². The number of hydrogen-bond donors (Lipinski definition) is 0. The Morgan fingerprint density at radius 2 is 0.667 bits per heavy atom. The summed E-state index contributed by atoms with van der Waals surface area (Å²) in [5.74, 6) is 0. The van der Waals surface area contributed by atoms with Crippen molar-refractivity contribution in [1.82, 2.24) is 28.6 Å². The van der Waals surface area contributed by atoms with E-state index in [1.165, 1.54) is 38.5 Å². The zero-order chi connectivity index (χ0) is 22.7. The van der Waals surface area contributed by atoms with Gasteiger partial charge in [-0.1, -0.05) is 41.5 Å². The van der Waals surface area contributed by atoms with Crippen molar-refractivity contribution in [2.24, 2.45) is 0 Å². The van der Waals surface area contributed by atoms with Crippen molar-refractivity contribution in [3.8, 4) is 0 Å². The van der Waals surface area contributed by atoms with E-state index in [1.807, 2.05) is 0 Å².